The number of methoxy groups -OCH3 is 1. The van der Waals surface area contributed by atoms with Crippen LogP contribution < -0.4 is 4.74 Å². The van der Waals surface area contributed by atoms with Crippen LogP contribution in [0.25, 0.3) is 0 Å². The Morgan fingerprint density at radius 1 is 1.40 bits per heavy atom. The zero-order valence-electron chi connectivity index (χ0n) is 11.1. The number of rotatable bonds is 6. The predicted octanol–water partition coefficient (Wildman–Crippen LogP) is 2.05. The highest BCUT2D eigenvalue weighted by molar-refractivity contribution is 7.99. The molecule has 1 heterocycles. The average molecular weight is 289 g/mol. The van der Waals surface area contributed by atoms with E-state index in [1.807, 2.05) is 35.0 Å². The summed E-state index contributed by atoms with van der Waals surface area (Å²) in [4.78, 5) is 4.30. The number of nitriles is 1. The first kappa shape index (κ1) is 14.4. The molecule has 0 aliphatic rings. The van der Waals surface area contributed by atoms with E-state index < -0.39 is 0 Å². The number of aromatic nitrogens is 2. The molecule has 6 heteroatoms. The molecule has 5 nitrogen and oxygen atoms in total. The summed E-state index contributed by atoms with van der Waals surface area (Å²) in [5, 5.41) is 18.6. The van der Waals surface area contributed by atoms with Crippen LogP contribution in [0.1, 0.15) is 11.3 Å². The number of aliphatic hydroxyl groups excluding tert-OH is 1. The summed E-state index contributed by atoms with van der Waals surface area (Å²) >= 11 is 1.37. The van der Waals surface area contributed by atoms with E-state index in [0.29, 0.717) is 18.0 Å². The number of benzene rings is 1. The predicted molar refractivity (Wildman–Crippen MR) is 76.6 cm³/mol. The first-order chi connectivity index (χ1) is 9.76. The number of imidazole rings is 1. The minimum atomic E-state index is -0.101. The highest BCUT2D eigenvalue weighted by atomic mass is 32.2. The molecule has 0 spiro atoms. The van der Waals surface area contributed by atoms with Gasteiger partial charge >= 0.3 is 0 Å². The molecule has 1 aromatic heterocycles. The van der Waals surface area contributed by atoms with Gasteiger partial charge in [0.25, 0.3) is 0 Å². The molecule has 0 unspecified atom stereocenters. The van der Waals surface area contributed by atoms with Gasteiger partial charge in [-0.1, -0.05) is 23.9 Å². The van der Waals surface area contributed by atoms with Crippen molar-refractivity contribution in [1.82, 2.24) is 9.55 Å². The van der Waals surface area contributed by atoms with Crippen molar-refractivity contribution in [3.8, 4) is 11.8 Å². The highest BCUT2D eigenvalue weighted by Crippen LogP contribution is 2.20. The molecule has 1 aromatic carbocycles. The number of aliphatic hydroxyl groups is 1. The molecule has 1 N–H and O–H groups in total. The second kappa shape index (κ2) is 6.98. The van der Waals surface area contributed by atoms with E-state index >= 15 is 0 Å². The maximum atomic E-state index is 9.17. The Kier molecular flexibility index (Phi) is 5.04. The molecular formula is C14H15N3O2S. The van der Waals surface area contributed by atoms with E-state index in [2.05, 4.69) is 11.1 Å². The van der Waals surface area contributed by atoms with Crippen molar-refractivity contribution in [2.75, 3.05) is 12.9 Å². The smallest absolute Gasteiger partial charge is 0.169 e. The van der Waals surface area contributed by atoms with Crippen molar-refractivity contribution in [2.24, 2.45) is 0 Å². The van der Waals surface area contributed by atoms with E-state index in [4.69, 9.17) is 15.1 Å². The average Bonchev–Trinajstić information content (AvgIpc) is 2.88. The molecule has 0 amide bonds. The minimum Gasteiger partial charge on any atom is -0.497 e. The fourth-order valence-electron chi connectivity index (χ4n) is 1.78. The molecule has 0 atom stereocenters. The van der Waals surface area contributed by atoms with Crippen molar-refractivity contribution in [3.63, 3.8) is 0 Å². The van der Waals surface area contributed by atoms with Crippen LogP contribution in [-0.4, -0.2) is 27.5 Å². The van der Waals surface area contributed by atoms with Crippen LogP contribution in [0.5, 0.6) is 5.75 Å². The van der Waals surface area contributed by atoms with Gasteiger partial charge < -0.3 is 14.4 Å². The topological polar surface area (TPSA) is 71.1 Å². The lowest BCUT2D eigenvalue weighted by molar-refractivity contribution is 0.277. The van der Waals surface area contributed by atoms with E-state index in [0.717, 1.165) is 16.5 Å². The summed E-state index contributed by atoms with van der Waals surface area (Å²) < 4.78 is 7.07. The molecule has 0 bridgehead atoms. The van der Waals surface area contributed by atoms with Crippen LogP contribution in [0, 0.1) is 11.3 Å². The standard InChI is InChI=1S/C14H15N3O2S/c1-19-13-4-2-11(3-5-13)8-17-9-12(10-18)16-14(17)20-7-6-15/h2-5,9,18H,7-8,10H2,1H3. The van der Waals surface area contributed by atoms with Gasteiger partial charge in [-0.15, -0.1) is 0 Å². The van der Waals surface area contributed by atoms with Gasteiger partial charge in [-0.3, -0.25) is 0 Å². The Labute approximate surface area is 121 Å². The summed E-state index contributed by atoms with van der Waals surface area (Å²) in [5.41, 5.74) is 1.71. The SMILES string of the molecule is COc1ccc(Cn2cc(CO)nc2SCC#N)cc1. The second-order valence-electron chi connectivity index (χ2n) is 4.10. The van der Waals surface area contributed by atoms with E-state index in [-0.39, 0.29) is 6.61 Å². The molecule has 0 aliphatic heterocycles. The monoisotopic (exact) mass is 289 g/mol. The van der Waals surface area contributed by atoms with Gasteiger partial charge in [-0.25, -0.2) is 4.98 Å². The summed E-state index contributed by atoms with van der Waals surface area (Å²) in [6.45, 7) is 0.542. The number of nitrogens with zero attached hydrogens (tertiary/aromatic N) is 3. The molecule has 2 aromatic rings. The van der Waals surface area contributed by atoms with Gasteiger partial charge in [0, 0.05) is 12.7 Å². The molecule has 0 aliphatic carbocycles. The van der Waals surface area contributed by atoms with E-state index in [1.165, 1.54) is 11.8 Å². The van der Waals surface area contributed by atoms with Crippen LogP contribution in [0.2, 0.25) is 0 Å². The molecule has 0 saturated heterocycles. The lowest BCUT2D eigenvalue weighted by atomic mass is 10.2. The van der Waals surface area contributed by atoms with Gasteiger partial charge in [0.1, 0.15) is 5.75 Å². The quantitative estimate of drug-likeness (QED) is 0.824. The lowest BCUT2D eigenvalue weighted by Crippen LogP contribution is -2.00. The van der Waals surface area contributed by atoms with Gasteiger partial charge in [0.05, 0.1) is 31.2 Å². The molecule has 0 saturated carbocycles. The lowest BCUT2D eigenvalue weighted by Gasteiger charge is -2.07. The van der Waals surface area contributed by atoms with Crippen LogP contribution >= 0.6 is 11.8 Å². The van der Waals surface area contributed by atoms with Crippen LogP contribution in [0.4, 0.5) is 0 Å². The third kappa shape index (κ3) is 3.53. The molecule has 2 rings (SSSR count). The summed E-state index contributed by atoms with van der Waals surface area (Å²) in [7, 11) is 1.63. The number of hydrogen-bond donors (Lipinski definition) is 1. The fourth-order valence-corrected chi connectivity index (χ4v) is 2.44. The van der Waals surface area contributed by atoms with Gasteiger partial charge in [0.15, 0.2) is 5.16 Å². The largest absolute Gasteiger partial charge is 0.497 e. The van der Waals surface area contributed by atoms with E-state index in [9.17, 15) is 0 Å². The Morgan fingerprint density at radius 2 is 2.15 bits per heavy atom. The molecular weight excluding hydrogens is 274 g/mol. The number of ether oxygens (including phenoxy) is 1. The third-order valence-corrected chi connectivity index (χ3v) is 3.59. The van der Waals surface area contributed by atoms with Gasteiger partial charge in [-0.2, -0.15) is 5.26 Å². The van der Waals surface area contributed by atoms with Crippen LogP contribution in [-0.2, 0) is 13.2 Å². The maximum absolute atomic E-state index is 9.17. The number of thioether (sulfide) groups is 1. The fraction of sp³-hybridized carbons (Fsp3) is 0.286. The summed E-state index contributed by atoms with van der Waals surface area (Å²) in [6.07, 6.45) is 1.81. The first-order valence-corrected chi connectivity index (χ1v) is 7.05. The normalized spacial score (nSPS) is 10.2. The van der Waals surface area contributed by atoms with Crippen LogP contribution in [0.15, 0.2) is 35.6 Å². The Morgan fingerprint density at radius 3 is 2.75 bits per heavy atom. The van der Waals surface area contributed by atoms with Gasteiger partial charge in [-0.05, 0) is 17.7 Å². The van der Waals surface area contributed by atoms with E-state index in [1.54, 1.807) is 7.11 Å². The Hall–Kier alpha value is -1.97. The maximum Gasteiger partial charge on any atom is 0.169 e. The van der Waals surface area contributed by atoms with Crippen molar-refractivity contribution in [1.29, 1.82) is 5.26 Å². The highest BCUT2D eigenvalue weighted by Gasteiger charge is 2.08. The molecule has 0 fully saturated rings. The Bertz CT molecular complexity index is 602. The zero-order chi connectivity index (χ0) is 14.4. The minimum absolute atomic E-state index is 0.101. The first-order valence-electron chi connectivity index (χ1n) is 6.06. The molecule has 104 valence electrons. The third-order valence-electron chi connectivity index (χ3n) is 2.73. The number of hydrogen-bond acceptors (Lipinski definition) is 5. The van der Waals surface area contributed by atoms with Crippen molar-refractivity contribution >= 4 is 11.8 Å². The summed E-state index contributed by atoms with van der Waals surface area (Å²) in [6, 6.07) is 9.85. The second-order valence-corrected chi connectivity index (χ2v) is 5.04. The van der Waals surface area contributed by atoms with Crippen molar-refractivity contribution in [2.45, 2.75) is 18.3 Å². The summed E-state index contributed by atoms with van der Waals surface area (Å²) in [5.74, 6) is 1.15. The molecule has 20 heavy (non-hydrogen) atoms. The Balaban J connectivity index is 2.17. The van der Waals surface area contributed by atoms with Gasteiger partial charge in [0.2, 0.25) is 0 Å². The van der Waals surface area contributed by atoms with Crippen molar-refractivity contribution < 1.29 is 9.84 Å². The van der Waals surface area contributed by atoms with Crippen molar-refractivity contribution in [3.05, 3.63) is 41.7 Å². The zero-order valence-corrected chi connectivity index (χ0v) is 11.9. The van der Waals surface area contributed by atoms with Crippen LogP contribution in [0.3, 0.4) is 0 Å². The molecule has 0 radical (unpaired) electrons.